The lowest BCUT2D eigenvalue weighted by Crippen LogP contribution is -2.36. The number of nitrogens with one attached hydrogen (secondary N) is 1. The summed E-state index contributed by atoms with van der Waals surface area (Å²) in [6.45, 7) is 1.22. The van der Waals surface area contributed by atoms with Gasteiger partial charge in [-0.15, -0.1) is 11.6 Å². The molecular formula is C13H24ClN. The molecule has 1 N–H and O–H groups in total. The van der Waals surface area contributed by atoms with Crippen LogP contribution in [0.5, 0.6) is 0 Å². The van der Waals surface area contributed by atoms with Crippen LogP contribution in [0.15, 0.2) is 0 Å². The van der Waals surface area contributed by atoms with E-state index in [0.717, 1.165) is 23.8 Å². The number of hydrogen-bond acceptors (Lipinski definition) is 1. The van der Waals surface area contributed by atoms with E-state index in [4.69, 9.17) is 11.6 Å². The molecule has 0 aromatic heterocycles. The zero-order valence-electron chi connectivity index (χ0n) is 9.68. The fourth-order valence-corrected chi connectivity index (χ4v) is 3.62. The first-order valence-corrected chi connectivity index (χ1v) is 7.23. The van der Waals surface area contributed by atoms with Gasteiger partial charge in [0.25, 0.3) is 0 Å². The van der Waals surface area contributed by atoms with Gasteiger partial charge in [-0.1, -0.05) is 25.7 Å². The molecule has 0 bridgehead atoms. The van der Waals surface area contributed by atoms with Crippen LogP contribution in [0.25, 0.3) is 0 Å². The zero-order valence-corrected chi connectivity index (χ0v) is 10.4. The first kappa shape index (κ1) is 11.7. The molecule has 0 aromatic rings. The number of rotatable bonds is 4. The van der Waals surface area contributed by atoms with E-state index in [-0.39, 0.29) is 0 Å². The standard InChI is InChI=1S/C13H24ClN/c14-9-11-5-4-6-12(11)10-15-13-7-2-1-3-8-13/h11-13,15H,1-10H2. The highest BCUT2D eigenvalue weighted by atomic mass is 35.5. The minimum absolute atomic E-state index is 0.794. The van der Waals surface area contributed by atoms with E-state index < -0.39 is 0 Å². The summed E-state index contributed by atoms with van der Waals surface area (Å²) in [5, 5.41) is 3.77. The Kier molecular flexibility index (Phi) is 4.77. The average molecular weight is 230 g/mol. The lowest BCUT2D eigenvalue weighted by molar-refractivity contribution is 0.322. The highest BCUT2D eigenvalue weighted by Gasteiger charge is 2.26. The molecule has 0 radical (unpaired) electrons. The number of halogens is 1. The Morgan fingerprint density at radius 3 is 2.33 bits per heavy atom. The van der Waals surface area contributed by atoms with Crippen LogP contribution >= 0.6 is 11.6 Å². The smallest absolute Gasteiger partial charge is 0.0254 e. The third kappa shape index (κ3) is 3.35. The average Bonchev–Trinajstić information content (AvgIpc) is 2.75. The topological polar surface area (TPSA) is 12.0 Å². The van der Waals surface area contributed by atoms with Gasteiger partial charge in [0.15, 0.2) is 0 Å². The summed E-state index contributed by atoms with van der Waals surface area (Å²) < 4.78 is 0. The van der Waals surface area contributed by atoms with Crippen molar-refractivity contribution in [1.82, 2.24) is 5.32 Å². The van der Waals surface area contributed by atoms with Gasteiger partial charge >= 0.3 is 0 Å². The third-order valence-electron chi connectivity index (χ3n) is 4.29. The lowest BCUT2D eigenvalue weighted by atomic mass is 9.93. The van der Waals surface area contributed by atoms with Crippen molar-refractivity contribution >= 4 is 11.6 Å². The van der Waals surface area contributed by atoms with Crippen LogP contribution in [0, 0.1) is 11.8 Å². The summed E-state index contributed by atoms with van der Waals surface area (Å²) in [5.74, 6) is 2.53. The second-order valence-electron chi connectivity index (χ2n) is 5.35. The fraction of sp³-hybridized carbons (Fsp3) is 1.00. The molecule has 1 nitrogen and oxygen atoms in total. The molecule has 88 valence electrons. The number of hydrogen-bond donors (Lipinski definition) is 1. The molecule has 2 fully saturated rings. The maximum atomic E-state index is 6.00. The minimum atomic E-state index is 0.794. The number of alkyl halides is 1. The quantitative estimate of drug-likeness (QED) is 0.727. The van der Waals surface area contributed by atoms with Crippen LogP contribution in [0.2, 0.25) is 0 Å². The summed E-state index contributed by atoms with van der Waals surface area (Å²) in [6.07, 6.45) is 11.3. The molecule has 0 heterocycles. The van der Waals surface area contributed by atoms with Crippen molar-refractivity contribution in [1.29, 1.82) is 0 Å². The molecule has 0 aliphatic heterocycles. The van der Waals surface area contributed by atoms with E-state index in [1.165, 1.54) is 57.9 Å². The molecule has 2 heteroatoms. The first-order chi connectivity index (χ1) is 7.40. The second kappa shape index (κ2) is 6.10. The molecule has 2 saturated carbocycles. The molecule has 0 saturated heterocycles. The molecule has 2 rings (SSSR count). The zero-order chi connectivity index (χ0) is 10.5. The van der Waals surface area contributed by atoms with Crippen molar-refractivity contribution in [3.8, 4) is 0 Å². The van der Waals surface area contributed by atoms with Crippen molar-refractivity contribution in [3.05, 3.63) is 0 Å². The molecule has 2 aliphatic rings. The molecule has 0 amide bonds. The summed E-state index contributed by atoms with van der Waals surface area (Å²) in [6, 6.07) is 0.815. The van der Waals surface area contributed by atoms with E-state index in [1.54, 1.807) is 0 Å². The molecule has 15 heavy (non-hydrogen) atoms. The van der Waals surface area contributed by atoms with Crippen molar-refractivity contribution in [2.24, 2.45) is 11.8 Å². The molecule has 0 aromatic carbocycles. The molecule has 0 spiro atoms. The van der Waals surface area contributed by atoms with Gasteiger partial charge in [-0.05, 0) is 44.1 Å². The van der Waals surface area contributed by atoms with Gasteiger partial charge in [-0.3, -0.25) is 0 Å². The second-order valence-corrected chi connectivity index (χ2v) is 5.66. The van der Waals surface area contributed by atoms with Crippen LogP contribution in [0.4, 0.5) is 0 Å². The van der Waals surface area contributed by atoms with Crippen molar-refractivity contribution < 1.29 is 0 Å². The fourth-order valence-electron chi connectivity index (χ4n) is 3.21. The summed E-state index contributed by atoms with van der Waals surface area (Å²) in [5.41, 5.74) is 0. The van der Waals surface area contributed by atoms with E-state index in [1.807, 2.05) is 0 Å². The van der Waals surface area contributed by atoms with Gasteiger partial charge < -0.3 is 5.32 Å². The molecular weight excluding hydrogens is 206 g/mol. The van der Waals surface area contributed by atoms with Gasteiger partial charge in [-0.2, -0.15) is 0 Å². The predicted octanol–water partition coefficient (Wildman–Crippen LogP) is 3.56. The summed E-state index contributed by atoms with van der Waals surface area (Å²) in [7, 11) is 0. The summed E-state index contributed by atoms with van der Waals surface area (Å²) in [4.78, 5) is 0. The van der Waals surface area contributed by atoms with Crippen LogP contribution in [-0.2, 0) is 0 Å². The van der Waals surface area contributed by atoms with Crippen LogP contribution in [0.3, 0.4) is 0 Å². The van der Waals surface area contributed by atoms with Crippen molar-refractivity contribution in [2.45, 2.75) is 57.4 Å². The monoisotopic (exact) mass is 229 g/mol. The van der Waals surface area contributed by atoms with Gasteiger partial charge in [0.2, 0.25) is 0 Å². The van der Waals surface area contributed by atoms with Crippen molar-refractivity contribution in [2.75, 3.05) is 12.4 Å². The normalized spacial score (nSPS) is 33.4. The Morgan fingerprint density at radius 1 is 0.867 bits per heavy atom. The van der Waals surface area contributed by atoms with Gasteiger partial charge in [0, 0.05) is 11.9 Å². The van der Waals surface area contributed by atoms with Gasteiger partial charge in [0.05, 0.1) is 0 Å². The predicted molar refractivity (Wildman–Crippen MR) is 66.4 cm³/mol. The lowest BCUT2D eigenvalue weighted by Gasteiger charge is -2.26. The third-order valence-corrected chi connectivity index (χ3v) is 4.68. The van der Waals surface area contributed by atoms with Crippen LogP contribution in [-0.4, -0.2) is 18.5 Å². The highest BCUT2D eigenvalue weighted by Crippen LogP contribution is 2.32. The Bertz CT molecular complexity index is 177. The molecule has 2 aliphatic carbocycles. The SMILES string of the molecule is ClCC1CCCC1CNC1CCCCC1. The Hall–Kier alpha value is 0.250. The van der Waals surface area contributed by atoms with Crippen molar-refractivity contribution in [3.63, 3.8) is 0 Å². The Labute approximate surface area is 99.0 Å². The highest BCUT2D eigenvalue weighted by molar-refractivity contribution is 6.18. The minimum Gasteiger partial charge on any atom is -0.314 e. The van der Waals surface area contributed by atoms with E-state index in [9.17, 15) is 0 Å². The van der Waals surface area contributed by atoms with Gasteiger partial charge in [-0.25, -0.2) is 0 Å². The molecule has 2 unspecified atom stereocenters. The molecule has 2 atom stereocenters. The van der Waals surface area contributed by atoms with E-state index in [0.29, 0.717) is 0 Å². The maximum Gasteiger partial charge on any atom is 0.0254 e. The Balaban J connectivity index is 1.67. The summed E-state index contributed by atoms with van der Waals surface area (Å²) >= 11 is 6.00. The van der Waals surface area contributed by atoms with Gasteiger partial charge in [0.1, 0.15) is 0 Å². The Morgan fingerprint density at radius 2 is 1.60 bits per heavy atom. The maximum absolute atomic E-state index is 6.00. The van der Waals surface area contributed by atoms with E-state index >= 15 is 0 Å². The van der Waals surface area contributed by atoms with Crippen LogP contribution in [0.1, 0.15) is 51.4 Å². The first-order valence-electron chi connectivity index (χ1n) is 6.69. The largest absolute Gasteiger partial charge is 0.314 e. The van der Waals surface area contributed by atoms with E-state index in [2.05, 4.69) is 5.32 Å². The van der Waals surface area contributed by atoms with Crippen LogP contribution < -0.4 is 5.32 Å².